The topological polar surface area (TPSA) is 75.3 Å². The third kappa shape index (κ3) is 5.77. The molecule has 0 aliphatic rings. The Balaban J connectivity index is 2.06. The summed E-state index contributed by atoms with van der Waals surface area (Å²) in [5.41, 5.74) is 1.59. The zero-order chi connectivity index (χ0) is 16.9. The summed E-state index contributed by atoms with van der Waals surface area (Å²) in [7, 11) is -3.36. The molecular formula is C16H15ClN2O3S. The normalized spacial score (nSPS) is 11.4. The van der Waals surface area contributed by atoms with Gasteiger partial charge in [0.05, 0.1) is 11.9 Å². The number of hydrogen-bond acceptors (Lipinski definition) is 3. The van der Waals surface area contributed by atoms with Gasteiger partial charge in [-0.25, -0.2) is 8.42 Å². The Morgan fingerprint density at radius 3 is 2.48 bits per heavy atom. The largest absolute Gasteiger partial charge is 0.322 e. The molecule has 23 heavy (non-hydrogen) atoms. The summed E-state index contributed by atoms with van der Waals surface area (Å²) in [4.78, 5) is 11.9. The van der Waals surface area contributed by atoms with E-state index >= 15 is 0 Å². The molecule has 0 heterocycles. The number of nitrogens with one attached hydrogen (secondary N) is 2. The van der Waals surface area contributed by atoms with Crippen LogP contribution in [0.15, 0.2) is 54.6 Å². The number of anilines is 2. The average molecular weight is 351 g/mol. The fourth-order valence-corrected chi connectivity index (χ4v) is 2.59. The van der Waals surface area contributed by atoms with Gasteiger partial charge >= 0.3 is 0 Å². The van der Waals surface area contributed by atoms with Crippen molar-refractivity contribution >= 4 is 45.0 Å². The molecule has 0 fully saturated rings. The van der Waals surface area contributed by atoms with Gasteiger partial charge in [-0.05, 0) is 35.9 Å². The van der Waals surface area contributed by atoms with Crippen molar-refractivity contribution in [2.45, 2.75) is 0 Å². The highest BCUT2D eigenvalue weighted by atomic mass is 35.5. The van der Waals surface area contributed by atoms with Crippen molar-refractivity contribution in [3.8, 4) is 0 Å². The summed E-state index contributed by atoms with van der Waals surface area (Å²) in [6.07, 6.45) is 4.03. The first-order valence-electron chi connectivity index (χ1n) is 6.65. The Labute approximate surface area is 140 Å². The fraction of sp³-hybridized carbons (Fsp3) is 0.0625. The van der Waals surface area contributed by atoms with Gasteiger partial charge < -0.3 is 5.32 Å². The second-order valence-corrected chi connectivity index (χ2v) is 6.95. The van der Waals surface area contributed by atoms with Gasteiger partial charge in [0.2, 0.25) is 15.9 Å². The molecule has 0 aliphatic heterocycles. The molecule has 0 saturated heterocycles. The summed E-state index contributed by atoms with van der Waals surface area (Å²) in [5.74, 6) is -0.346. The van der Waals surface area contributed by atoms with Crippen LogP contribution in [-0.2, 0) is 14.8 Å². The molecule has 0 unspecified atom stereocenters. The van der Waals surface area contributed by atoms with Crippen molar-refractivity contribution in [2.24, 2.45) is 0 Å². The smallest absolute Gasteiger partial charge is 0.248 e. The molecule has 120 valence electrons. The van der Waals surface area contributed by atoms with Gasteiger partial charge in [0.1, 0.15) is 0 Å². The first-order chi connectivity index (χ1) is 10.8. The Kier molecular flexibility index (Phi) is 5.41. The highest BCUT2D eigenvalue weighted by Gasteiger charge is 2.04. The van der Waals surface area contributed by atoms with Crippen LogP contribution in [0.5, 0.6) is 0 Å². The van der Waals surface area contributed by atoms with Crippen molar-refractivity contribution in [1.82, 2.24) is 0 Å². The molecule has 1 amide bonds. The van der Waals surface area contributed by atoms with Crippen molar-refractivity contribution < 1.29 is 13.2 Å². The van der Waals surface area contributed by atoms with Gasteiger partial charge in [0.15, 0.2) is 0 Å². The van der Waals surface area contributed by atoms with Crippen molar-refractivity contribution in [3.63, 3.8) is 0 Å². The lowest BCUT2D eigenvalue weighted by atomic mass is 10.2. The summed E-state index contributed by atoms with van der Waals surface area (Å²) in [6.45, 7) is 0. The van der Waals surface area contributed by atoms with E-state index in [4.69, 9.17) is 11.6 Å². The van der Waals surface area contributed by atoms with Gasteiger partial charge in [0, 0.05) is 16.8 Å². The minimum Gasteiger partial charge on any atom is -0.322 e. The second-order valence-electron chi connectivity index (χ2n) is 4.80. The van der Waals surface area contributed by atoms with E-state index in [2.05, 4.69) is 10.0 Å². The third-order valence-corrected chi connectivity index (χ3v) is 3.70. The molecule has 2 N–H and O–H groups in total. The van der Waals surface area contributed by atoms with Crippen LogP contribution in [0.3, 0.4) is 0 Å². The van der Waals surface area contributed by atoms with E-state index in [-0.39, 0.29) is 5.91 Å². The zero-order valence-electron chi connectivity index (χ0n) is 12.3. The number of hydrogen-bond donors (Lipinski definition) is 2. The van der Waals surface area contributed by atoms with Crippen LogP contribution in [0.4, 0.5) is 11.4 Å². The van der Waals surface area contributed by atoms with E-state index in [1.165, 1.54) is 12.1 Å². The molecule has 0 atom stereocenters. The van der Waals surface area contributed by atoms with Gasteiger partial charge in [0.25, 0.3) is 0 Å². The summed E-state index contributed by atoms with van der Waals surface area (Å²) < 4.78 is 24.8. The number of halogens is 1. The maximum absolute atomic E-state index is 11.9. The third-order valence-electron chi connectivity index (χ3n) is 2.75. The van der Waals surface area contributed by atoms with Crippen LogP contribution >= 0.6 is 11.6 Å². The van der Waals surface area contributed by atoms with E-state index < -0.39 is 10.0 Å². The standard InChI is InChI=1S/C16H15ClN2O3S/c1-23(21,22)19-14-7-4-6-13(11-14)18-16(20)10-9-12-5-2-3-8-15(12)17/h2-11,19H,1H3,(H,18,20). The van der Waals surface area contributed by atoms with Crippen LogP contribution in [0.1, 0.15) is 5.56 Å². The molecule has 2 rings (SSSR count). The highest BCUT2D eigenvalue weighted by Crippen LogP contribution is 2.18. The van der Waals surface area contributed by atoms with Gasteiger partial charge in [-0.15, -0.1) is 0 Å². The number of amides is 1. The van der Waals surface area contributed by atoms with Crippen molar-refractivity contribution in [1.29, 1.82) is 0 Å². The number of benzene rings is 2. The minimum atomic E-state index is -3.36. The second kappa shape index (κ2) is 7.30. The summed E-state index contributed by atoms with van der Waals surface area (Å²) in [5, 5.41) is 3.21. The predicted molar refractivity (Wildman–Crippen MR) is 94.0 cm³/mol. The maximum atomic E-state index is 11.9. The number of sulfonamides is 1. The predicted octanol–water partition coefficient (Wildman–Crippen LogP) is 3.36. The molecule has 0 aliphatic carbocycles. The lowest BCUT2D eigenvalue weighted by Crippen LogP contribution is -2.11. The van der Waals surface area contributed by atoms with E-state index in [9.17, 15) is 13.2 Å². The Hall–Kier alpha value is -2.31. The lowest BCUT2D eigenvalue weighted by molar-refractivity contribution is -0.111. The number of rotatable bonds is 5. The van der Waals surface area contributed by atoms with Crippen LogP contribution in [0.25, 0.3) is 6.08 Å². The molecule has 0 bridgehead atoms. The van der Waals surface area contributed by atoms with Crippen LogP contribution in [0, 0.1) is 0 Å². The van der Waals surface area contributed by atoms with Gasteiger partial charge in [-0.1, -0.05) is 35.9 Å². The number of carbonyl (C=O) groups is 1. The molecule has 0 aromatic heterocycles. The highest BCUT2D eigenvalue weighted by molar-refractivity contribution is 7.92. The van der Waals surface area contributed by atoms with E-state index in [1.807, 2.05) is 6.07 Å². The average Bonchev–Trinajstić information content (AvgIpc) is 2.45. The molecule has 0 spiro atoms. The van der Waals surface area contributed by atoms with Crippen molar-refractivity contribution in [3.05, 3.63) is 65.2 Å². The minimum absolute atomic E-state index is 0.346. The lowest BCUT2D eigenvalue weighted by Gasteiger charge is -2.07. The fourth-order valence-electron chi connectivity index (χ4n) is 1.83. The Morgan fingerprint density at radius 1 is 1.09 bits per heavy atom. The zero-order valence-corrected chi connectivity index (χ0v) is 13.9. The SMILES string of the molecule is CS(=O)(=O)Nc1cccc(NC(=O)C=Cc2ccccc2Cl)c1. The molecule has 0 saturated carbocycles. The molecule has 2 aromatic carbocycles. The summed E-state index contributed by atoms with van der Waals surface area (Å²) in [6, 6.07) is 13.6. The summed E-state index contributed by atoms with van der Waals surface area (Å²) >= 11 is 6.00. The maximum Gasteiger partial charge on any atom is 0.248 e. The molecule has 2 aromatic rings. The molecule has 0 radical (unpaired) electrons. The van der Waals surface area contributed by atoms with Crippen LogP contribution in [-0.4, -0.2) is 20.6 Å². The molecule has 5 nitrogen and oxygen atoms in total. The molecular weight excluding hydrogens is 336 g/mol. The van der Waals surface area contributed by atoms with Gasteiger partial charge in [-0.2, -0.15) is 0 Å². The van der Waals surface area contributed by atoms with E-state index in [0.29, 0.717) is 16.4 Å². The first-order valence-corrected chi connectivity index (χ1v) is 8.92. The van der Waals surface area contributed by atoms with Gasteiger partial charge in [-0.3, -0.25) is 9.52 Å². The number of carbonyl (C=O) groups excluding carboxylic acids is 1. The Morgan fingerprint density at radius 2 is 1.78 bits per heavy atom. The quantitative estimate of drug-likeness (QED) is 0.812. The van der Waals surface area contributed by atoms with Crippen LogP contribution in [0.2, 0.25) is 5.02 Å². The Bertz CT molecular complexity index is 848. The van der Waals surface area contributed by atoms with E-state index in [0.717, 1.165) is 11.8 Å². The van der Waals surface area contributed by atoms with E-state index in [1.54, 1.807) is 42.5 Å². The van der Waals surface area contributed by atoms with Crippen molar-refractivity contribution in [2.75, 3.05) is 16.3 Å². The monoisotopic (exact) mass is 350 g/mol. The first kappa shape index (κ1) is 17.1. The van der Waals surface area contributed by atoms with Crippen LogP contribution < -0.4 is 10.0 Å². The molecule has 7 heteroatoms.